The predicted octanol–water partition coefficient (Wildman–Crippen LogP) is 5.03. The summed E-state index contributed by atoms with van der Waals surface area (Å²) in [6.45, 7) is 2.69. The zero-order valence-corrected chi connectivity index (χ0v) is 20.1. The van der Waals surface area contributed by atoms with Crippen LogP contribution in [-0.2, 0) is 22.7 Å². The smallest absolute Gasteiger partial charge is 0.241 e. The van der Waals surface area contributed by atoms with Crippen LogP contribution >= 0.6 is 23.4 Å². The average Bonchev–Trinajstić information content (AvgIpc) is 3.33. The Morgan fingerprint density at radius 2 is 1.88 bits per heavy atom. The number of benzene rings is 3. The second-order valence-electron chi connectivity index (χ2n) is 8.22. The Hall–Kier alpha value is -3.16. The molecule has 2 aliphatic rings. The summed E-state index contributed by atoms with van der Waals surface area (Å²) < 4.78 is 10.7. The summed E-state index contributed by atoms with van der Waals surface area (Å²) in [5, 5.41) is 3.03. The molecule has 34 heavy (non-hydrogen) atoms. The molecule has 8 heteroatoms. The van der Waals surface area contributed by atoms with E-state index >= 15 is 0 Å². The van der Waals surface area contributed by atoms with Crippen LogP contribution in [0.2, 0.25) is 5.02 Å². The molecular weight excluding hydrogens is 472 g/mol. The van der Waals surface area contributed by atoms with Crippen molar-refractivity contribution >= 4 is 40.9 Å². The van der Waals surface area contributed by atoms with Crippen molar-refractivity contribution in [2.45, 2.75) is 30.2 Å². The number of carbonyl (C=O) groups excluding carboxylic acids is 2. The molecule has 1 N–H and O–H groups in total. The lowest BCUT2D eigenvalue weighted by Gasteiger charge is -2.36. The molecule has 3 aromatic rings. The van der Waals surface area contributed by atoms with Crippen LogP contribution in [0.5, 0.6) is 11.5 Å². The van der Waals surface area contributed by atoms with Crippen molar-refractivity contribution in [1.82, 2.24) is 5.32 Å². The molecule has 174 valence electrons. The quantitative estimate of drug-likeness (QED) is 0.520. The molecule has 0 aliphatic carbocycles. The van der Waals surface area contributed by atoms with Crippen molar-refractivity contribution < 1.29 is 19.1 Å². The first-order chi connectivity index (χ1) is 16.5. The maximum absolute atomic E-state index is 13.6. The summed E-state index contributed by atoms with van der Waals surface area (Å²) in [4.78, 5) is 29.4. The third-order valence-electron chi connectivity index (χ3n) is 5.98. The first-order valence-electron chi connectivity index (χ1n) is 11.0. The van der Waals surface area contributed by atoms with Gasteiger partial charge in [-0.05, 0) is 41.5 Å². The highest BCUT2D eigenvalue weighted by Crippen LogP contribution is 2.42. The first-order valence-corrected chi connectivity index (χ1v) is 12.2. The van der Waals surface area contributed by atoms with Crippen LogP contribution in [0, 0.1) is 5.92 Å². The number of ether oxygens (including phenoxy) is 2. The van der Waals surface area contributed by atoms with Gasteiger partial charge in [0.2, 0.25) is 18.6 Å². The largest absolute Gasteiger partial charge is 0.454 e. The Morgan fingerprint density at radius 1 is 1.12 bits per heavy atom. The lowest BCUT2D eigenvalue weighted by Crippen LogP contribution is -2.47. The molecule has 0 aromatic heterocycles. The highest BCUT2D eigenvalue weighted by molar-refractivity contribution is 8.01. The van der Waals surface area contributed by atoms with Gasteiger partial charge in [0.1, 0.15) is 5.25 Å². The number of thioether (sulfide) groups is 1. The SMILES string of the molecule is C[C@@H](C(=O)NCc1ccc2c(c1)OCO2)[C@H]1Sc2ccccc2N(Cc2ccccc2Cl)C1=O. The number of amides is 2. The van der Waals surface area contributed by atoms with Crippen LogP contribution in [0.3, 0.4) is 0 Å². The minimum atomic E-state index is -0.547. The Labute approximate surface area is 207 Å². The van der Waals surface area contributed by atoms with E-state index in [1.165, 1.54) is 11.8 Å². The van der Waals surface area contributed by atoms with Crippen LogP contribution < -0.4 is 19.7 Å². The maximum Gasteiger partial charge on any atom is 0.241 e. The second-order valence-corrected chi connectivity index (χ2v) is 9.81. The zero-order valence-electron chi connectivity index (χ0n) is 18.5. The lowest BCUT2D eigenvalue weighted by atomic mass is 10.0. The van der Waals surface area contributed by atoms with Crippen molar-refractivity contribution in [3.63, 3.8) is 0 Å². The van der Waals surface area contributed by atoms with Gasteiger partial charge in [0.15, 0.2) is 11.5 Å². The fourth-order valence-corrected chi connectivity index (χ4v) is 5.53. The number of anilines is 1. The molecule has 5 rings (SSSR count). The number of hydrogen-bond donors (Lipinski definition) is 1. The van der Waals surface area contributed by atoms with Gasteiger partial charge in [-0.1, -0.05) is 54.9 Å². The summed E-state index contributed by atoms with van der Waals surface area (Å²) in [6.07, 6.45) is 0. The number of rotatable bonds is 6. The van der Waals surface area contributed by atoms with Crippen molar-refractivity contribution in [3.05, 3.63) is 82.9 Å². The molecule has 0 radical (unpaired) electrons. The number of carbonyl (C=O) groups is 2. The predicted molar refractivity (Wildman–Crippen MR) is 132 cm³/mol. The molecule has 0 fully saturated rings. The van der Waals surface area contributed by atoms with Crippen molar-refractivity contribution in [1.29, 1.82) is 0 Å². The van der Waals surface area contributed by atoms with Gasteiger partial charge in [0.05, 0.1) is 18.2 Å². The number of nitrogens with one attached hydrogen (secondary N) is 1. The third kappa shape index (κ3) is 4.45. The molecule has 0 spiro atoms. The number of hydrogen-bond acceptors (Lipinski definition) is 5. The molecular formula is C26H23ClN2O4S. The van der Waals surface area contributed by atoms with Gasteiger partial charge in [-0.15, -0.1) is 11.8 Å². The zero-order chi connectivity index (χ0) is 23.7. The monoisotopic (exact) mass is 494 g/mol. The van der Waals surface area contributed by atoms with Gasteiger partial charge in [0, 0.05) is 16.5 Å². The minimum Gasteiger partial charge on any atom is -0.454 e. The highest BCUT2D eigenvalue weighted by atomic mass is 35.5. The van der Waals surface area contributed by atoms with Gasteiger partial charge in [-0.2, -0.15) is 0 Å². The number of halogens is 1. The van der Waals surface area contributed by atoms with Gasteiger partial charge in [-0.3, -0.25) is 9.59 Å². The lowest BCUT2D eigenvalue weighted by molar-refractivity contribution is -0.128. The molecule has 0 bridgehead atoms. The molecule has 2 atom stereocenters. The second kappa shape index (κ2) is 9.60. The van der Waals surface area contributed by atoms with Crippen LogP contribution in [0.25, 0.3) is 0 Å². The molecule has 2 aliphatic heterocycles. The minimum absolute atomic E-state index is 0.102. The van der Waals surface area contributed by atoms with E-state index in [1.807, 2.05) is 66.7 Å². The maximum atomic E-state index is 13.6. The van der Waals surface area contributed by atoms with Crippen LogP contribution in [-0.4, -0.2) is 23.9 Å². The summed E-state index contributed by atoms with van der Waals surface area (Å²) >= 11 is 7.81. The number of nitrogens with zero attached hydrogens (tertiary/aromatic N) is 1. The van der Waals surface area contributed by atoms with E-state index in [4.69, 9.17) is 21.1 Å². The standard InChI is InChI=1S/C26H23ClN2O4S/c1-16(25(30)28-13-17-10-11-21-22(12-17)33-15-32-21)24-26(31)29(14-18-6-2-3-7-19(18)27)20-8-4-5-9-23(20)34-24/h2-12,16,24H,13-15H2,1H3,(H,28,30)/t16-,24-/m1/s1. The van der Waals surface area contributed by atoms with E-state index in [2.05, 4.69) is 5.32 Å². The van der Waals surface area contributed by atoms with Gasteiger partial charge < -0.3 is 19.7 Å². The normalized spacial score (nSPS) is 17.3. The molecule has 0 saturated carbocycles. The van der Waals surface area contributed by atoms with E-state index in [1.54, 1.807) is 11.8 Å². The molecule has 0 unspecified atom stereocenters. The van der Waals surface area contributed by atoms with E-state index in [-0.39, 0.29) is 18.6 Å². The van der Waals surface area contributed by atoms with E-state index in [0.29, 0.717) is 29.6 Å². The third-order valence-corrected chi connectivity index (χ3v) is 7.81. The number of para-hydroxylation sites is 1. The van der Waals surface area contributed by atoms with Crippen LogP contribution in [0.4, 0.5) is 5.69 Å². The van der Waals surface area contributed by atoms with Gasteiger partial charge in [0.25, 0.3) is 0 Å². The van der Waals surface area contributed by atoms with Crippen molar-refractivity contribution in [3.8, 4) is 11.5 Å². The Bertz CT molecular complexity index is 1250. The molecule has 6 nitrogen and oxygen atoms in total. The molecule has 2 amide bonds. The van der Waals surface area contributed by atoms with E-state index in [9.17, 15) is 9.59 Å². The van der Waals surface area contributed by atoms with Crippen LogP contribution in [0.15, 0.2) is 71.6 Å². The molecule has 2 heterocycles. The van der Waals surface area contributed by atoms with Gasteiger partial charge in [-0.25, -0.2) is 0 Å². The Kier molecular flexibility index (Phi) is 6.39. The summed E-state index contributed by atoms with van der Waals surface area (Å²) in [5.74, 6) is 0.554. The summed E-state index contributed by atoms with van der Waals surface area (Å²) in [6, 6.07) is 20.8. The van der Waals surface area contributed by atoms with Crippen molar-refractivity contribution in [2.75, 3.05) is 11.7 Å². The highest BCUT2D eigenvalue weighted by Gasteiger charge is 2.39. The topological polar surface area (TPSA) is 67.9 Å². The molecule has 0 saturated heterocycles. The fraction of sp³-hybridized carbons (Fsp3) is 0.231. The Balaban J connectivity index is 1.32. The number of fused-ring (bicyclic) bond motifs is 2. The summed E-state index contributed by atoms with van der Waals surface area (Å²) in [5.41, 5.74) is 2.60. The first kappa shape index (κ1) is 22.6. The van der Waals surface area contributed by atoms with E-state index in [0.717, 1.165) is 21.7 Å². The van der Waals surface area contributed by atoms with E-state index < -0.39 is 11.2 Å². The van der Waals surface area contributed by atoms with Crippen LogP contribution in [0.1, 0.15) is 18.1 Å². The molecule has 3 aromatic carbocycles. The van der Waals surface area contributed by atoms with Gasteiger partial charge >= 0.3 is 0 Å². The average molecular weight is 495 g/mol. The Morgan fingerprint density at radius 3 is 2.74 bits per heavy atom. The fourth-order valence-electron chi connectivity index (χ4n) is 4.05. The van der Waals surface area contributed by atoms with Crippen molar-refractivity contribution in [2.24, 2.45) is 5.92 Å². The summed E-state index contributed by atoms with van der Waals surface area (Å²) in [7, 11) is 0.